The van der Waals surface area contributed by atoms with E-state index in [1.54, 1.807) is 6.20 Å². The van der Waals surface area contributed by atoms with Crippen molar-refractivity contribution in [2.45, 2.75) is 32.4 Å². The Hall–Kier alpha value is -1.87. The summed E-state index contributed by atoms with van der Waals surface area (Å²) in [6.45, 7) is 2.88. The van der Waals surface area contributed by atoms with E-state index in [4.69, 9.17) is 4.74 Å². The normalized spacial score (nSPS) is 14.4. The third-order valence-corrected chi connectivity index (χ3v) is 3.16. The zero-order chi connectivity index (χ0) is 13.1. The van der Waals surface area contributed by atoms with Crippen LogP contribution >= 0.6 is 0 Å². The predicted molar refractivity (Wildman–Crippen MR) is 75.4 cm³/mol. The highest BCUT2D eigenvalue weighted by Crippen LogP contribution is 2.23. The minimum Gasteiger partial charge on any atom is -0.457 e. The first kappa shape index (κ1) is 12.2. The van der Waals surface area contributed by atoms with Gasteiger partial charge in [0.05, 0.1) is 5.69 Å². The fourth-order valence-corrected chi connectivity index (χ4v) is 1.97. The Bertz CT molecular complexity index is 564. The van der Waals surface area contributed by atoms with Crippen LogP contribution in [0.5, 0.6) is 11.5 Å². The van der Waals surface area contributed by atoms with Gasteiger partial charge in [-0.2, -0.15) is 0 Å². The quantitative estimate of drug-likeness (QED) is 0.887. The molecular formula is C16H18N2O. The second kappa shape index (κ2) is 5.41. The number of ether oxygens (including phenoxy) is 1. The highest BCUT2D eigenvalue weighted by molar-refractivity contribution is 5.33. The van der Waals surface area contributed by atoms with Crippen LogP contribution < -0.4 is 10.1 Å². The van der Waals surface area contributed by atoms with Gasteiger partial charge < -0.3 is 10.1 Å². The highest BCUT2D eigenvalue weighted by Gasteiger charge is 2.20. The monoisotopic (exact) mass is 254 g/mol. The Labute approximate surface area is 113 Å². The van der Waals surface area contributed by atoms with Crippen molar-refractivity contribution in [1.29, 1.82) is 0 Å². The van der Waals surface area contributed by atoms with E-state index in [1.807, 2.05) is 30.3 Å². The molecule has 0 spiro atoms. The van der Waals surface area contributed by atoms with Crippen LogP contribution in [0.3, 0.4) is 0 Å². The minimum absolute atomic E-state index is 0.697. The van der Waals surface area contributed by atoms with E-state index in [-0.39, 0.29) is 0 Å². The summed E-state index contributed by atoms with van der Waals surface area (Å²) >= 11 is 0. The van der Waals surface area contributed by atoms with Crippen molar-refractivity contribution in [3.63, 3.8) is 0 Å². The zero-order valence-corrected chi connectivity index (χ0v) is 11.1. The number of pyridine rings is 1. The van der Waals surface area contributed by atoms with Crippen molar-refractivity contribution in [2.24, 2.45) is 0 Å². The molecule has 19 heavy (non-hydrogen) atoms. The summed E-state index contributed by atoms with van der Waals surface area (Å²) in [5.41, 5.74) is 2.22. The number of benzene rings is 1. The van der Waals surface area contributed by atoms with Gasteiger partial charge in [0.1, 0.15) is 11.5 Å². The Morgan fingerprint density at radius 1 is 1.21 bits per heavy atom. The average Bonchev–Trinajstić information content (AvgIpc) is 3.21. The molecule has 0 atom stereocenters. The molecule has 3 nitrogen and oxygen atoms in total. The SMILES string of the molecule is Cc1cccc(Oc2ccnc(CNC3CC3)c2)c1. The second-order valence-corrected chi connectivity index (χ2v) is 5.06. The van der Waals surface area contributed by atoms with E-state index in [1.165, 1.54) is 18.4 Å². The topological polar surface area (TPSA) is 34.1 Å². The summed E-state index contributed by atoms with van der Waals surface area (Å²) in [6.07, 6.45) is 4.38. The van der Waals surface area contributed by atoms with Crippen molar-refractivity contribution in [2.75, 3.05) is 0 Å². The molecule has 0 aliphatic heterocycles. The van der Waals surface area contributed by atoms with Crippen LogP contribution in [0.2, 0.25) is 0 Å². The van der Waals surface area contributed by atoms with Gasteiger partial charge in [0.15, 0.2) is 0 Å². The summed E-state index contributed by atoms with van der Waals surface area (Å²) < 4.78 is 5.85. The van der Waals surface area contributed by atoms with Crippen LogP contribution in [0.4, 0.5) is 0 Å². The number of aromatic nitrogens is 1. The third-order valence-electron chi connectivity index (χ3n) is 3.16. The van der Waals surface area contributed by atoms with E-state index >= 15 is 0 Å². The van der Waals surface area contributed by atoms with Crippen molar-refractivity contribution in [3.05, 3.63) is 53.9 Å². The lowest BCUT2D eigenvalue weighted by Crippen LogP contribution is -2.16. The molecule has 1 aliphatic carbocycles. The number of hydrogen-bond acceptors (Lipinski definition) is 3. The van der Waals surface area contributed by atoms with Gasteiger partial charge in [-0.1, -0.05) is 12.1 Å². The largest absolute Gasteiger partial charge is 0.457 e. The van der Waals surface area contributed by atoms with Crippen LogP contribution in [-0.4, -0.2) is 11.0 Å². The first-order chi connectivity index (χ1) is 9.29. The van der Waals surface area contributed by atoms with Gasteiger partial charge in [-0.05, 0) is 43.5 Å². The number of rotatable bonds is 5. The number of nitrogens with one attached hydrogen (secondary N) is 1. The van der Waals surface area contributed by atoms with E-state index in [0.29, 0.717) is 6.04 Å². The van der Waals surface area contributed by atoms with Gasteiger partial charge >= 0.3 is 0 Å². The zero-order valence-electron chi connectivity index (χ0n) is 11.1. The smallest absolute Gasteiger partial charge is 0.130 e. The molecule has 1 aromatic carbocycles. The van der Waals surface area contributed by atoms with Crippen LogP contribution in [0.15, 0.2) is 42.6 Å². The Morgan fingerprint density at radius 2 is 2.05 bits per heavy atom. The summed E-state index contributed by atoms with van der Waals surface area (Å²) in [7, 11) is 0. The Kier molecular flexibility index (Phi) is 3.47. The molecular weight excluding hydrogens is 236 g/mol. The van der Waals surface area contributed by atoms with Gasteiger partial charge in [0, 0.05) is 24.8 Å². The molecule has 1 saturated carbocycles. The minimum atomic E-state index is 0.697. The Balaban J connectivity index is 1.67. The molecule has 0 saturated heterocycles. The van der Waals surface area contributed by atoms with E-state index in [9.17, 15) is 0 Å². The van der Waals surface area contributed by atoms with Crippen LogP contribution in [-0.2, 0) is 6.54 Å². The molecule has 0 radical (unpaired) electrons. The molecule has 2 aromatic rings. The summed E-state index contributed by atoms with van der Waals surface area (Å²) in [5, 5.41) is 3.46. The summed E-state index contributed by atoms with van der Waals surface area (Å²) in [4.78, 5) is 4.36. The van der Waals surface area contributed by atoms with Gasteiger partial charge in [0.2, 0.25) is 0 Å². The molecule has 1 N–H and O–H groups in total. The van der Waals surface area contributed by atoms with Crippen molar-refractivity contribution >= 4 is 0 Å². The standard InChI is InChI=1S/C16H18N2O/c1-12-3-2-4-15(9-12)19-16-7-8-17-14(10-16)11-18-13-5-6-13/h2-4,7-10,13,18H,5-6,11H2,1H3. The van der Waals surface area contributed by atoms with Gasteiger partial charge in [0.25, 0.3) is 0 Å². The van der Waals surface area contributed by atoms with E-state index in [0.717, 1.165) is 23.7 Å². The molecule has 0 amide bonds. The lowest BCUT2D eigenvalue weighted by Gasteiger charge is -2.08. The fraction of sp³-hybridized carbons (Fsp3) is 0.312. The van der Waals surface area contributed by atoms with Gasteiger partial charge in [-0.25, -0.2) is 0 Å². The highest BCUT2D eigenvalue weighted by atomic mass is 16.5. The van der Waals surface area contributed by atoms with Crippen LogP contribution in [0.1, 0.15) is 24.1 Å². The molecule has 1 aliphatic rings. The number of nitrogens with zero attached hydrogens (tertiary/aromatic N) is 1. The second-order valence-electron chi connectivity index (χ2n) is 5.06. The molecule has 0 bridgehead atoms. The predicted octanol–water partition coefficient (Wildman–Crippen LogP) is 3.43. The van der Waals surface area contributed by atoms with E-state index < -0.39 is 0 Å². The van der Waals surface area contributed by atoms with E-state index in [2.05, 4.69) is 23.3 Å². The van der Waals surface area contributed by atoms with Crippen LogP contribution in [0, 0.1) is 6.92 Å². The molecule has 1 heterocycles. The Morgan fingerprint density at radius 3 is 2.84 bits per heavy atom. The first-order valence-corrected chi connectivity index (χ1v) is 6.72. The maximum absolute atomic E-state index is 5.85. The molecule has 0 unspecified atom stereocenters. The van der Waals surface area contributed by atoms with Crippen molar-refractivity contribution in [1.82, 2.24) is 10.3 Å². The summed E-state index contributed by atoms with van der Waals surface area (Å²) in [6, 6.07) is 12.6. The van der Waals surface area contributed by atoms with Crippen molar-refractivity contribution < 1.29 is 4.74 Å². The summed E-state index contributed by atoms with van der Waals surface area (Å²) in [5.74, 6) is 1.71. The van der Waals surface area contributed by atoms with Crippen molar-refractivity contribution in [3.8, 4) is 11.5 Å². The molecule has 1 aromatic heterocycles. The van der Waals surface area contributed by atoms with Crippen LogP contribution in [0.25, 0.3) is 0 Å². The van der Waals surface area contributed by atoms with Gasteiger partial charge in [-0.3, -0.25) is 4.98 Å². The van der Waals surface area contributed by atoms with Gasteiger partial charge in [-0.15, -0.1) is 0 Å². The average molecular weight is 254 g/mol. The number of hydrogen-bond donors (Lipinski definition) is 1. The molecule has 98 valence electrons. The fourth-order valence-electron chi connectivity index (χ4n) is 1.97. The number of aryl methyl sites for hydroxylation is 1. The first-order valence-electron chi connectivity index (χ1n) is 6.72. The molecule has 1 fully saturated rings. The molecule has 3 heteroatoms. The lowest BCUT2D eigenvalue weighted by molar-refractivity contribution is 0.480. The lowest BCUT2D eigenvalue weighted by atomic mass is 10.2. The maximum atomic E-state index is 5.85. The molecule has 3 rings (SSSR count). The maximum Gasteiger partial charge on any atom is 0.130 e. The third kappa shape index (κ3) is 3.55.